The zero-order valence-corrected chi connectivity index (χ0v) is 17.2. The Morgan fingerprint density at radius 1 is 1.33 bits per heavy atom. The van der Waals surface area contributed by atoms with E-state index in [0.717, 1.165) is 43.7 Å². The fourth-order valence-corrected chi connectivity index (χ4v) is 3.62. The maximum atomic E-state index is 13.4. The number of rotatable bonds is 5. The van der Waals surface area contributed by atoms with E-state index in [1.165, 1.54) is 0 Å². The van der Waals surface area contributed by atoms with Crippen molar-refractivity contribution in [1.29, 1.82) is 0 Å². The molecule has 0 aliphatic carbocycles. The van der Waals surface area contributed by atoms with Crippen LogP contribution in [0.15, 0.2) is 30.5 Å². The van der Waals surface area contributed by atoms with E-state index in [-0.39, 0.29) is 24.4 Å². The van der Waals surface area contributed by atoms with Crippen molar-refractivity contribution in [2.24, 2.45) is 7.05 Å². The van der Waals surface area contributed by atoms with Gasteiger partial charge in [0.2, 0.25) is 0 Å². The molecule has 1 saturated heterocycles. The maximum absolute atomic E-state index is 13.4. The number of aromatic nitrogens is 3. The van der Waals surface area contributed by atoms with Gasteiger partial charge >= 0.3 is 0 Å². The average Bonchev–Trinajstić information content (AvgIpc) is 2.85. The molecule has 0 aromatic carbocycles. The molecule has 0 bridgehead atoms. The summed E-state index contributed by atoms with van der Waals surface area (Å²) in [5.41, 5.74) is 2.52. The van der Waals surface area contributed by atoms with Crippen LogP contribution >= 0.6 is 12.4 Å². The highest BCUT2D eigenvalue weighted by atomic mass is 35.5. The highest BCUT2D eigenvalue weighted by molar-refractivity contribution is 5.92. The molecule has 2 aromatic heterocycles. The molecule has 0 radical (unpaired) electrons. The third kappa shape index (κ3) is 5.30. The standard InChI is InChI=1S/C20H29N5O.ClH/c1-15(2)19-13-18(23-24(19)3)20(26)25(14-16-7-4-5-11-22-16)17-8-6-10-21-12-9-17;/h4-5,7,11,13,15,17,21H,6,8-10,12,14H2,1-3H3;1H. The molecule has 0 spiro atoms. The molecular weight excluding hydrogens is 362 g/mol. The van der Waals surface area contributed by atoms with Gasteiger partial charge in [0.1, 0.15) is 0 Å². The summed E-state index contributed by atoms with van der Waals surface area (Å²) in [6.45, 7) is 6.72. The largest absolute Gasteiger partial charge is 0.328 e. The van der Waals surface area contributed by atoms with Gasteiger partial charge in [-0.1, -0.05) is 19.9 Å². The molecule has 7 heteroatoms. The highest BCUT2D eigenvalue weighted by Gasteiger charge is 2.28. The number of halogens is 1. The molecule has 1 unspecified atom stereocenters. The summed E-state index contributed by atoms with van der Waals surface area (Å²) >= 11 is 0. The molecule has 6 nitrogen and oxygen atoms in total. The van der Waals surface area contributed by atoms with Crippen molar-refractivity contribution in [2.45, 2.75) is 51.6 Å². The van der Waals surface area contributed by atoms with Crippen LogP contribution in [0.3, 0.4) is 0 Å². The van der Waals surface area contributed by atoms with Crippen LogP contribution in [0.4, 0.5) is 0 Å². The van der Waals surface area contributed by atoms with Gasteiger partial charge in [-0.05, 0) is 56.5 Å². The molecule has 3 rings (SSSR count). The minimum atomic E-state index is 0. The predicted octanol–water partition coefficient (Wildman–Crippen LogP) is 3.14. The van der Waals surface area contributed by atoms with Crippen LogP contribution in [-0.2, 0) is 13.6 Å². The number of pyridine rings is 1. The molecular formula is C20H30ClN5O. The van der Waals surface area contributed by atoms with Gasteiger partial charge in [0, 0.05) is 25.0 Å². The number of nitrogens with one attached hydrogen (secondary N) is 1. The molecule has 0 saturated carbocycles. The summed E-state index contributed by atoms with van der Waals surface area (Å²) in [6, 6.07) is 8.00. The van der Waals surface area contributed by atoms with Crippen LogP contribution in [0.2, 0.25) is 0 Å². The van der Waals surface area contributed by atoms with Crippen molar-refractivity contribution >= 4 is 18.3 Å². The van der Waals surface area contributed by atoms with Crippen LogP contribution in [-0.4, -0.2) is 44.7 Å². The molecule has 1 aliphatic rings. The minimum Gasteiger partial charge on any atom is -0.328 e. The normalized spacial score (nSPS) is 17.3. The number of carbonyl (C=O) groups excluding carboxylic acids is 1. The highest BCUT2D eigenvalue weighted by Crippen LogP contribution is 2.21. The fourth-order valence-electron chi connectivity index (χ4n) is 3.62. The lowest BCUT2D eigenvalue weighted by molar-refractivity contribution is 0.0635. The smallest absolute Gasteiger partial charge is 0.274 e. The van der Waals surface area contributed by atoms with Crippen LogP contribution in [0.1, 0.15) is 60.9 Å². The van der Waals surface area contributed by atoms with Gasteiger partial charge < -0.3 is 10.2 Å². The summed E-state index contributed by atoms with van der Waals surface area (Å²) in [7, 11) is 1.91. The van der Waals surface area contributed by atoms with E-state index in [9.17, 15) is 4.79 Å². The Balaban J connectivity index is 0.00000261. The fraction of sp³-hybridized carbons (Fsp3) is 0.550. The van der Waals surface area contributed by atoms with Crippen LogP contribution in [0.5, 0.6) is 0 Å². The Morgan fingerprint density at radius 2 is 2.15 bits per heavy atom. The number of hydrogen-bond acceptors (Lipinski definition) is 4. The van der Waals surface area contributed by atoms with Crippen molar-refractivity contribution in [1.82, 2.24) is 25.0 Å². The zero-order valence-electron chi connectivity index (χ0n) is 16.4. The third-order valence-electron chi connectivity index (χ3n) is 5.03. The molecule has 1 aliphatic heterocycles. The number of aryl methyl sites for hydroxylation is 1. The van der Waals surface area contributed by atoms with E-state index in [1.807, 2.05) is 40.9 Å². The van der Waals surface area contributed by atoms with Gasteiger partial charge in [0.25, 0.3) is 5.91 Å². The Bertz CT molecular complexity index is 723. The van der Waals surface area contributed by atoms with E-state index in [0.29, 0.717) is 18.2 Å². The SMILES string of the molecule is CC(C)c1cc(C(=O)N(Cc2ccccn2)C2CCCNCC2)nn1C.Cl. The van der Waals surface area contributed by atoms with Crippen molar-refractivity contribution in [3.63, 3.8) is 0 Å². The second kappa shape index (κ2) is 9.85. The summed E-state index contributed by atoms with van der Waals surface area (Å²) in [5.74, 6) is 0.338. The number of hydrogen-bond donors (Lipinski definition) is 1. The molecule has 1 atom stereocenters. The molecule has 1 N–H and O–H groups in total. The maximum Gasteiger partial charge on any atom is 0.274 e. The van der Waals surface area contributed by atoms with E-state index in [1.54, 1.807) is 6.20 Å². The summed E-state index contributed by atoms with van der Waals surface area (Å²) in [6.07, 6.45) is 4.83. The lowest BCUT2D eigenvalue weighted by atomic mass is 10.1. The van der Waals surface area contributed by atoms with Gasteiger partial charge in [-0.3, -0.25) is 14.5 Å². The molecule has 148 valence electrons. The van der Waals surface area contributed by atoms with Crippen molar-refractivity contribution in [3.8, 4) is 0 Å². The van der Waals surface area contributed by atoms with Crippen LogP contribution in [0.25, 0.3) is 0 Å². The lowest BCUT2D eigenvalue weighted by Gasteiger charge is -2.30. The van der Waals surface area contributed by atoms with Crippen molar-refractivity contribution < 1.29 is 4.79 Å². The van der Waals surface area contributed by atoms with Gasteiger partial charge in [-0.25, -0.2) is 0 Å². The first-order valence-corrected chi connectivity index (χ1v) is 9.51. The van der Waals surface area contributed by atoms with Crippen LogP contribution < -0.4 is 5.32 Å². The monoisotopic (exact) mass is 391 g/mol. The van der Waals surface area contributed by atoms with Crippen molar-refractivity contribution in [2.75, 3.05) is 13.1 Å². The number of nitrogens with zero attached hydrogens (tertiary/aromatic N) is 4. The zero-order chi connectivity index (χ0) is 18.5. The number of carbonyl (C=O) groups is 1. The van der Waals surface area contributed by atoms with Gasteiger partial charge in [0.05, 0.1) is 12.2 Å². The molecule has 1 amide bonds. The van der Waals surface area contributed by atoms with Gasteiger partial charge in [0.15, 0.2) is 5.69 Å². The molecule has 2 aromatic rings. The Morgan fingerprint density at radius 3 is 2.81 bits per heavy atom. The average molecular weight is 392 g/mol. The first kappa shape index (κ1) is 21.4. The summed E-state index contributed by atoms with van der Waals surface area (Å²) in [5, 5.41) is 7.93. The van der Waals surface area contributed by atoms with Gasteiger partial charge in [-0.2, -0.15) is 5.10 Å². The Kier molecular flexibility index (Phi) is 7.80. The topological polar surface area (TPSA) is 63.1 Å². The number of amides is 1. The molecule has 1 fully saturated rings. The van der Waals surface area contributed by atoms with E-state index in [4.69, 9.17) is 0 Å². The first-order chi connectivity index (χ1) is 12.6. The van der Waals surface area contributed by atoms with Crippen molar-refractivity contribution in [3.05, 3.63) is 47.5 Å². The molecule has 3 heterocycles. The van der Waals surface area contributed by atoms with Crippen LogP contribution in [0, 0.1) is 0 Å². The van der Waals surface area contributed by atoms with E-state index >= 15 is 0 Å². The summed E-state index contributed by atoms with van der Waals surface area (Å²) < 4.78 is 1.82. The van der Waals surface area contributed by atoms with E-state index in [2.05, 4.69) is 29.2 Å². The first-order valence-electron chi connectivity index (χ1n) is 9.51. The predicted molar refractivity (Wildman–Crippen MR) is 109 cm³/mol. The lowest BCUT2D eigenvalue weighted by Crippen LogP contribution is -2.40. The minimum absolute atomic E-state index is 0. The second-order valence-electron chi connectivity index (χ2n) is 7.32. The second-order valence-corrected chi connectivity index (χ2v) is 7.32. The molecule has 27 heavy (non-hydrogen) atoms. The quantitative estimate of drug-likeness (QED) is 0.850. The van der Waals surface area contributed by atoms with Gasteiger partial charge in [-0.15, -0.1) is 12.4 Å². The van der Waals surface area contributed by atoms with E-state index < -0.39 is 0 Å². The summed E-state index contributed by atoms with van der Waals surface area (Å²) in [4.78, 5) is 19.8. The Labute approximate surface area is 167 Å². The third-order valence-corrected chi connectivity index (χ3v) is 5.03. The Hall–Kier alpha value is -1.92.